The van der Waals surface area contributed by atoms with E-state index in [1.165, 1.54) is 6.20 Å². The third-order valence-corrected chi connectivity index (χ3v) is 3.02. The van der Waals surface area contributed by atoms with E-state index in [1.54, 1.807) is 0 Å². The summed E-state index contributed by atoms with van der Waals surface area (Å²) in [6.45, 7) is 5.05. The molecular formula is C15H18N2O3. The van der Waals surface area contributed by atoms with Crippen molar-refractivity contribution in [2.24, 2.45) is 0 Å². The summed E-state index contributed by atoms with van der Waals surface area (Å²) in [5.41, 5.74) is 1.53. The number of ether oxygens (including phenoxy) is 1. The Morgan fingerprint density at radius 3 is 2.90 bits per heavy atom. The molecule has 0 fully saturated rings. The van der Waals surface area contributed by atoms with Gasteiger partial charge in [0.15, 0.2) is 0 Å². The molecule has 1 aromatic heterocycles. The van der Waals surface area contributed by atoms with Crippen LogP contribution in [0, 0.1) is 0 Å². The van der Waals surface area contributed by atoms with Crippen LogP contribution in [0.5, 0.6) is 0 Å². The molecular weight excluding hydrogens is 256 g/mol. The number of anilines is 1. The predicted molar refractivity (Wildman–Crippen MR) is 78.3 cm³/mol. The molecule has 0 aliphatic heterocycles. The van der Waals surface area contributed by atoms with E-state index in [9.17, 15) is 9.90 Å². The molecule has 2 N–H and O–H groups in total. The van der Waals surface area contributed by atoms with E-state index in [4.69, 9.17) is 4.74 Å². The molecule has 0 saturated carbocycles. The number of para-hydroxylation sites is 1. The van der Waals surface area contributed by atoms with Crippen LogP contribution in [-0.4, -0.2) is 35.3 Å². The summed E-state index contributed by atoms with van der Waals surface area (Å²) >= 11 is 0. The maximum atomic E-state index is 11.3. The number of benzene rings is 1. The highest BCUT2D eigenvalue weighted by molar-refractivity contribution is 6.04. The van der Waals surface area contributed by atoms with Crippen LogP contribution in [0.3, 0.4) is 0 Å². The summed E-state index contributed by atoms with van der Waals surface area (Å²) < 4.78 is 5.45. The lowest BCUT2D eigenvalue weighted by Gasteiger charge is -2.16. The van der Waals surface area contributed by atoms with Crippen molar-refractivity contribution in [2.45, 2.75) is 20.0 Å². The van der Waals surface area contributed by atoms with E-state index in [2.05, 4.69) is 10.3 Å². The van der Waals surface area contributed by atoms with Gasteiger partial charge in [0, 0.05) is 24.7 Å². The zero-order valence-corrected chi connectivity index (χ0v) is 11.6. The van der Waals surface area contributed by atoms with E-state index in [1.807, 2.05) is 38.1 Å². The molecule has 1 atom stereocenters. The van der Waals surface area contributed by atoms with Gasteiger partial charge >= 0.3 is 5.97 Å². The number of carboxylic acid groups (broad SMARTS) is 1. The van der Waals surface area contributed by atoms with E-state index < -0.39 is 5.97 Å². The summed E-state index contributed by atoms with van der Waals surface area (Å²) in [4.78, 5) is 15.5. The highest BCUT2D eigenvalue weighted by Gasteiger charge is 2.14. The zero-order valence-electron chi connectivity index (χ0n) is 11.6. The van der Waals surface area contributed by atoms with Gasteiger partial charge in [-0.15, -0.1) is 0 Å². The molecule has 20 heavy (non-hydrogen) atoms. The van der Waals surface area contributed by atoms with Crippen LogP contribution in [0.25, 0.3) is 10.9 Å². The molecule has 0 aliphatic rings. The summed E-state index contributed by atoms with van der Waals surface area (Å²) in [5, 5.41) is 13.3. The molecule has 106 valence electrons. The Labute approximate surface area is 117 Å². The zero-order chi connectivity index (χ0) is 14.5. The number of nitrogens with zero attached hydrogens (tertiary/aromatic N) is 1. The molecule has 0 bridgehead atoms. The average Bonchev–Trinajstić information content (AvgIpc) is 2.44. The molecule has 0 radical (unpaired) electrons. The van der Waals surface area contributed by atoms with E-state index in [0.717, 1.165) is 10.9 Å². The summed E-state index contributed by atoms with van der Waals surface area (Å²) in [6, 6.07) is 7.47. The van der Waals surface area contributed by atoms with Gasteiger partial charge in [-0.05, 0) is 19.9 Å². The number of aromatic carboxylic acids is 1. The van der Waals surface area contributed by atoms with Crippen LogP contribution in [0.2, 0.25) is 0 Å². The Kier molecular flexibility index (Phi) is 4.53. The standard InChI is InChI=1S/C15H18N2O3/c1-3-20-10(2)8-17-14-11-6-4-5-7-13(11)16-9-12(14)15(18)19/h4-7,9-10H,3,8H2,1-2H3,(H,16,17)(H,18,19). The van der Waals surface area contributed by atoms with E-state index in [-0.39, 0.29) is 11.7 Å². The van der Waals surface area contributed by atoms with E-state index >= 15 is 0 Å². The molecule has 5 heteroatoms. The first-order valence-electron chi connectivity index (χ1n) is 6.60. The molecule has 0 amide bonds. The molecule has 0 saturated heterocycles. The van der Waals surface area contributed by atoms with Crippen molar-refractivity contribution < 1.29 is 14.6 Å². The summed E-state index contributed by atoms with van der Waals surface area (Å²) in [6.07, 6.45) is 1.40. The van der Waals surface area contributed by atoms with Gasteiger partial charge < -0.3 is 15.2 Å². The molecule has 2 aromatic rings. The molecule has 1 aromatic carbocycles. The minimum Gasteiger partial charge on any atom is -0.478 e. The first-order valence-corrected chi connectivity index (χ1v) is 6.60. The number of aromatic nitrogens is 1. The van der Waals surface area contributed by atoms with Gasteiger partial charge in [0.25, 0.3) is 0 Å². The summed E-state index contributed by atoms with van der Waals surface area (Å²) in [5.74, 6) is -0.991. The Morgan fingerprint density at radius 1 is 1.45 bits per heavy atom. The van der Waals surface area contributed by atoms with Crippen LogP contribution >= 0.6 is 0 Å². The van der Waals surface area contributed by atoms with Crippen LogP contribution < -0.4 is 5.32 Å². The van der Waals surface area contributed by atoms with Gasteiger partial charge in [-0.1, -0.05) is 18.2 Å². The lowest BCUT2D eigenvalue weighted by molar-refractivity contribution is 0.0696. The fourth-order valence-electron chi connectivity index (χ4n) is 2.08. The fourth-order valence-corrected chi connectivity index (χ4v) is 2.08. The number of fused-ring (bicyclic) bond motifs is 1. The minimum atomic E-state index is -0.991. The first kappa shape index (κ1) is 14.3. The highest BCUT2D eigenvalue weighted by atomic mass is 16.5. The van der Waals surface area contributed by atoms with Crippen molar-refractivity contribution in [3.05, 3.63) is 36.0 Å². The molecule has 1 heterocycles. The SMILES string of the molecule is CCOC(C)CNc1c(C(=O)O)cnc2ccccc12. The molecule has 1 unspecified atom stereocenters. The maximum absolute atomic E-state index is 11.3. The second kappa shape index (κ2) is 6.34. The Hall–Kier alpha value is -2.14. The van der Waals surface area contributed by atoms with Gasteiger partial charge in [0.1, 0.15) is 5.56 Å². The van der Waals surface area contributed by atoms with Crippen molar-refractivity contribution >= 4 is 22.6 Å². The lowest BCUT2D eigenvalue weighted by atomic mass is 10.1. The fraction of sp³-hybridized carbons (Fsp3) is 0.333. The normalized spacial score (nSPS) is 12.3. The van der Waals surface area contributed by atoms with Gasteiger partial charge in [0.2, 0.25) is 0 Å². The lowest BCUT2D eigenvalue weighted by Crippen LogP contribution is -2.21. The topological polar surface area (TPSA) is 71.5 Å². The number of pyridine rings is 1. The number of rotatable bonds is 6. The second-order valence-corrected chi connectivity index (χ2v) is 4.52. The molecule has 5 nitrogen and oxygen atoms in total. The largest absolute Gasteiger partial charge is 0.478 e. The minimum absolute atomic E-state index is 0.00794. The number of carboxylic acids is 1. The monoisotopic (exact) mass is 274 g/mol. The number of carbonyl (C=O) groups is 1. The molecule has 0 spiro atoms. The van der Waals surface area contributed by atoms with Gasteiger partial charge in [-0.3, -0.25) is 4.98 Å². The van der Waals surface area contributed by atoms with Crippen LogP contribution in [-0.2, 0) is 4.74 Å². The average molecular weight is 274 g/mol. The Balaban J connectivity index is 2.37. The van der Waals surface area contributed by atoms with Crippen molar-refractivity contribution in [2.75, 3.05) is 18.5 Å². The van der Waals surface area contributed by atoms with Crippen LogP contribution in [0.4, 0.5) is 5.69 Å². The van der Waals surface area contributed by atoms with Gasteiger partial charge in [0.05, 0.1) is 17.3 Å². The highest BCUT2D eigenvalue weighted by Crippen LogP contribution is 2.25. The molecule has 2 rings (SSSR count). The van der Waals surface area contributed by atoms with Crippen molar-refractivity contribution in [1.29, 1.82) is 0 Å². The van der Waals surface area contributed by atoms with Gasteiger partial charge in [-0.2, -0.15) is 0 Å². The third kappa shape index (κ3) is 3.05. The van der Waals surface area contributed by atoms with Crippen LogP contribution in [0.15, 0.2) is 30.5 Å². The number of nitrogens with one attached hydrogen (secondary N) is 1. The summed E-state index contributed by atoms with van der Waals surface area (Å²) in [7, 11) is 0. The predicted octanol–water partition coefficient (Wildman–Crippen LogP) is 2.77. The maximum Gasteiger partial charge on any atom is 0.339 e. The Bertz CT molecular complexity index is 613. The van der Waals surface area contributed by atoms with Crippen LogP contribution in [0.1, 0.15) is 24.2 Å². The Morgan fingerprint density at radius 2 is 2.20 bits per heavy atom. The van der Waals surface area contributed by atoms with Crippen molar-refractivity contribution in [3.63, 3.8) is 0 Å². The second-order valence-electron chi connectivity index (χ2n) is 4.52. The van der Waals surface area contributed by atoms with Crippen molar-refractivity contribution in [3.8, 4) is 0 Å². The van der Waals surface area contributed by atoms with E-state index in [0.29, 0.717) is 18.8 Å². The van der Waals surface area contributed by atoms with Gasteiger partial charge in [-0.25, -0.2) is 4.79 Å². The third-order valence-electron chi connectivity index (χ3n) is 3.02. The number of hydrogen-bond donors (Lipinski definition) is 2. The first-order chi connectivity index (χ1) is 9.63. The molecule has 0 aliphatic carbocycles. The number of hydrogen-bond acceptors (Lipinski definition) is 4. The van der Waals surface area contributed by atoms with Crippen molar-refractivity contribution in [1.82, 2.24) is 4.98 Å². The smallest absolute Gasteiger partial charge is 0.339 e. The quantitative estimate of drug-likeness (QED) is 0.847.